The predicted octanol–water partition coefficient (Wildman–Crippen LogP) is 2.87. The number of nitrogens with two attached hydrogens (primary N) is 1. The molecule has 0 unspecified atom stereocenters. The summed E-state index contributed by atoms with van der Waals surface area (Å²) in [5.74, 6) is 0.207. The highest BCUT2D eigenvalue weighted by Gasteiger charge is 2.15. The number of halogens is 2. The molecule has 0 aliphatic rings. The Morgan fingerprint density at radius 2 is 2.15 bits per heavy atom. The van der Waals surface area contributed by atoms with Crippen molar-refractivity contribution in [3.8, 4) is 0 Å². The van der Waals surface area contributed by atoms with Crippen molar-refractivity contribution < 1.29 is 4.92 Å². The van der Waals surface area contributed by atoms with E-state index in [4.69, 9.17) is 28.9 Å². The van der Waals surface area contributed by atoms with Gasteiger partial charge in [0, 0.05) is 11.6 Å². The Bertz CT molecular complexity index is 711. The molecule has 2 aromatic rings. The van der Waals surface area contributed by atoms with Crippen LogP contribution in [-0.2, 0) is 0 Å². The van der Waals surface area contributed by atoms with Crippen molar-refractivity contribution in [3.05, 3.63) is 49.7 Å². The summed E-state index contributed by atoms with van der Waals surface area (Å²) in [7, 11) is 0. The van der Waals surface area contributed by atoms with Gasteiger partial charge in [-0.1, -0.05) is 23.2 Å². The van der Waals surface area contributed by atoms with Gasteiger partial charge in [0.2, 0.25) is 5.95 Å². The normalized spacial score (nSPS) is 11.2. The second-order valence-electron chi connectivity index (χ2n) is 3.91. The number of aromatic nitrogens is 2. The number of nitrogen functional groups attached to an aromatic ring is 1. The first-order valence-corrected chi connectivity index (χ1v) is 6.13. The maximum Gasteiger partial charge on any atom is 0.288 e. The van der Waals surface area contributed by atoms with Gasteiger partial charge in [-0.25, -0.2) is 9.66 Å². The molecule has 0 spiro atoms. The Hall–Kier alpha value is -2.12. The smallest absolute Gasteiger partial charge is 0.288 e. The van der Waals surface area contributed by atoms with E-state index in [1.54, 1.807) is 13.1 Å². The highest BCUT2D eigenvalue weighted by molar-refractivity contribution is 6.37. The monoisotopic (exact) mass is 313 g/mol. The van der Waals surface area contributed by atoms with Gasteiger partial charge in [0.1, 0.15) is 5.02 Å². The van der Waals surface area contributed by atoms with Crippen LogP contribution in [0.5, 0.6) is 0 Å². The average Bonchev–Trinajstić information content (AvgIpc) is 2.66. The van der Waals surface area contributed by atoms with Gasteiger partial charge < -0.3 is 5.73 Å². The number of anilines is 1. The molecule has 0 atom stereocenters. The highest BCUT2D eigenvalue weighted by atomic mass is 35.5. The zero-order chi connectivity index (χ0) is 14.9. The van der Waals surface area contributed by atoms with Crippen LogP contribution in [0.4, 0.5) is 11.6 Å². The minimum Gasteiger partial charge on any atom is -0.368 e. The largest absolute Gasteiger partial charge is 0.368 e. The van der Waals surface area contributed by atoms with Gasteiger partial charge >= 0.3 is 0 Å². The number of hydrogen-bond donors (Lipinski definition) is 1. The Kier molecular flexibility index (Phi) is 3.91. The molecule has 0 fully saturated rings. The standard InChI is InChI=1S/C11H9Cl2N5O2/c1-6-5-17(11(14)16-6)15-4-7-2-10(18(19)20)9(13)3-8(7)12/h2-5H,1H3,(H2,14,16). The molecule has 9 heteroatoms. The van der Waals surface area contributed by atoms with Gasteiger partial charge in [-0.3, -0.25) is 10.1 Å². The number of hydrogen-bond acceptors (Lipinski definition) is 5. The minimum atomic E-state index is -0.592. The van der Waals surface area contributed by atoms with Crippen molar-refractivity contribution in [2.45, 2.75) is 6.92 Å². The summed E-state index contributed by atoms with van der Waals surface area (Å²) >= 11 is 11.7. The maximum atomic E-state index is 10.8. The third-order valence-electron chi connectivity index (χ3n) is 2.42. The molecule has 0 bridgehead atoms. The second-order valence-corrected chi connectivity index (χ2v) is 4.73. The van der Waals surface area contributed by atoms with E-state index in [0.717, 1.165) is 0 Å². The van der Waals surface area contributed by atoms with Crippen LogP contribution in [-0.4, -0.2) is 20.8 Å². The summed E-state index contributed by atoms with van der Waals surface area (Å²) < 4.78 is 1.34. The predicted molar refractivity (Wildman–Crippen MR) is 77.5 cm³/mol. The van der Waals surface area contributed by atoms with Crippen LogP contribution in [0.2, 0.25) is 10.0 Å². The Labute approximate surface area is 123 Å². The highest BCUT2D eigenvalue weighted by Crippen LogP contribution is 2.29. The number of aryl methyl sites for hydroxylation is 1. The molecular weight excluding hydrogens is 305 g/mol. The van der Waals surface area contributed by atoms with Crippen LogP contribution >= 0.6 is 23.2 Å². The number of nitro groups is 1. The van der Waals surface area contributed by atoms with Crippen LogP contribution < -0.4 is 5.73 Å². The average molecular weight is 314 g/mol. The SMILES string of the molecule is Cc1cn(N=Cc2cc([N+](=O)[O-])c(Cl)cc2Cl)c(N)n1. The molecule has 2 N–H and O–H groups in total. The van der Waals surface area contributed by atoms with Crippen molar-refractivity contribution >= 4 is 41.1 Å². The number of rotatable bonds is 3. The van der Waals surface area contributed by atoms with Crippen molar-refractivity contribution in [1.29, 1.82) is 0 Å². The first kappa shape index (κ1) is 14.3. The molecule has 0 amide bonds. The van der Waals surface area contributed by atoms with E-state index < -0.39 is 4.92 Å². The molecule has 0 saturated heterocycles. The van der Waals surface area contributed by atoms with E-state index in [1.807, 2.05) is 0 Å². The summed E-state index contributed by atoms with van der Waals surface area (Å²) in [6.07, 6.45) is 2.97. The van der Waals surface area contributed by atoms with E-state index >= 15 is 0 Å². The van der Waals surface area contributed by atoms with Crippen LogP contribution in [0.25, 0.3) is 0 Å². The van der Waals surface area contributed by atoms with Crippen molar-refractivity contribution in [1.82, 2.24) is 9.66 Å². The Morgan fingerprint density at radius 3 is 2.70 bits per heavy atom. The molecule has 2 rings (SSSR count). The summed E-state index contributed by atoms with van der Waals surface area (Å²) in [6, 6.07) is 2.54. The third-order valence-corrected chi connectivity index (χ3v) is 3.05. The lowest BCUT2D eigenvalue weighted by Gasteiger charge is -2.01. The van der Waals surface area contributed by atoms with E-state index in [1.165, 1.54) is 23.0 Å². The zero-order valence-corrected chi connectivity index (χ0v) is 11.8. The van der Waals surface area contributed by atoms with Crippen molar-refractivity contribution in [2.75, 3.05) is 5.73 Å². The fourth-order valence-corrected chi connectivity index (χ4v) is 2.01. The van der Waals surface area contributed by atoms with Gasteiger partial charge in [-0.15, -0.1) is 0 Å². The molecule has 0 saturated carbocycles. The lowest BCUT2D eigenvalue weighted by atomic mass is 10.2. The van der Waals surface area contributed by atoms with Gasteiger partial charge in [0.25, 0.3) is 5.69 Å². The quantitative estimate of drug-likeness (QED) is 0.535. The second kappa shape index (κ2) is 5.48. The number of benzene rings is 1. The summed E-state index contributed by atoms with van der Waals surface area (Å²) in [5.41, 5.74) is 6.44. The number of nitrogens with zero attached hydrogens (tertiary/aromatic N) is 4. The molecule has 0 aliphatic heterocycles. The van der Waals surface area contributed by atoms with Gasteiger partial charge in [-0.2, -0.15) is 5.10 Å². The maximum absolute atomic E-state index is 10.8. The molecule has 1 heterocycles. The molecule has 20 heavy (non-hydrogen) atoms. The summed E-state index contributed by atoms with van der Waals surface area (Å²) in [6.45, 7) is 1.77. The molecule has 0 aliphatic carbocycles. The van der Waals surface area contributed by atoms with Gasteiger partial charge in [0.15, 0.2) is 0 Å². The Balaban J connectivity index is 2.41. The summed E-state index contributed by atoms with van der Waals surface area (Å²) in [5, 5.41) is 15.1. The molecule has 104 valence electrons. The first-order chi connectivity index (χ1) is 9.38. The van der Waals surface area contributed by atoms with Crippen LogP contribution in [0.1, 0.15) is 11.3 Å². The molecule has 1 aromatic heterocycles. The lowest BCUT2D eigenvalue weighted by Crippen LogP contribution is -1.98. The molecule has 0 radical (unpaired) electrons. The van der Waals surface area contributed by atoms with Crippen LogP contribution in [0, 0.1) is 17.0 Å². The van der Waals surface area contributed by atoms with Crippen molar-refractivity contribution in [2.24, 2.45) is 5.10 Å². The summed E-state index contributed by atoms with van der Waals surface area (Å²) in [4.78, 5) is 14.2. The van der Waals surface area contributed by atoms with Gasteiger partial charge in [-0.05, 0) is 13.0 Å². The zero-order valence-electron chi connectivity index (χ0n) is 10.2. The lowest BCUT2D eigenvalue weighted by molar-refractivity contribution is -0.384. The van der Waals surface area contributed by atoms with Crippen LogP contribution in [0.15, 0.2) is 23.4 Å². The van der Waals surface area contributed by atoms with Crippen LogP contribution in [0.3, 0.4) is 0 Å². The number of imidazole rings is 1. The van der Waals surface area contributed by atoms with E-state index in [0.29, 0.717) is 11.3 Å². The molecular formula is C11H9Cl2N5O2. The van der Waals surface area contributed by atoms with Gasteiger partial charge in [0.05, 0.1) is 28.1 Å². The first-order valence-electron chi connectivity index (χ1n) is 5.37. The Morgan fingerprint density at radius 1 is 1.45 bits per heavy atom. The number of nitro benzene ring substituents is 1. The minimum absolute atomic E-state index is 0.0323. The fraction of sp³-hybridized carbons (Fsp3) is 0.0909. The fourth-order valence-electron chi connectivity index (χ4n) is 1.51. The van der Waals surface area contributed by atoms with E-state index in [9.17, 15) is 10.1 Å². The topological polar surface area (TPSA) is 99.3 Å². The molecule has 1 aromatic carbocycles. The van der Waals surface area contributed by atoms with E-state index in [2.05, 4.69) is 10.1 Å². The molecule has 7 nitrogen and oxygen atoms in total. The van der Waals surface area contributed by atoms with E-state index in [-0.39, 0.29) is 21.7 Å². The van der Waals surface area contributed by atoms with Crippen molar-refractivity contribution in [3.63, 3.8) is 0 Å². The third kappa shape index (κ3) is 2.89.